The van der Waals surface area contributed by atoms with Crippen molar-refractivity contribution in [3.63, 3.8) is 0 Å². The van der Waals surface area contributed by atoms with E-state index in [2.05, 4.69) is 5.32 Å². The lowest BCUT2D eigenvalue weighted by Crippen LogP contribution is -2.56. The predicted octanol–water partition coefficient (Wildman–Crippen LogP) is 0.662. The fourth-order valence-corrected chi connectivity index (χ4v) is 2.08. The van der Waals surface area contributed by atoms with Gasteiger partial charge in [0.25, 0.3) is 0 Å². The summed E-state index contributed by atoms with van der Waals surface area (Å²) in [5.41, 5.74) is -0.165. The van der Waals surface area contributed by atoms with E-state index in [-0.39, 0.29) is 18.8 Å². The molecular formula is C13H21NO4. The van der Waals surface area contributed by atoms with Gasteiger partial charge in [0, 0.05) is 12.1 Å². The first kappa shape index (κ1) is 13.5. The smallest absolute Gasteiger partial charge is 0.129 e. The molecule has 1 atom stereocenters. The second-order valence-electron chi connectivity index (χ2n) is 4.92. The highest BCUT2D eigenvalue weighted by molar-refractivity contribution is 4.96. The van der Waals surface area contributed by atoms with Crippen LogP contribution in [-0.2, 0) is 11.3 Å². The number of aliphatic hydroxyl groups is 2. The summed E-state index contributed by atoms with van der Waals surface area (Å²) in [5, 5.41) is 22.2. The molecule has 0 aromatic carbocycles. The van der Waals surface area contributed by atoms with Crippen LogP contribution in [-0.4, -0.2) is 41.6 Å². The standard InChI is InChI=1S/C13H21NO4/c15-10-13(4-2-5-13)14-7-11(16)8-17-9-12-3-1-6-18-12/h1,3,6,11,14-16H,2,4-5,7-10H2. The van der Waals surface area contributed by atoms with E-state index in [9.17, 15) is 10.2 Å². The highest BCUT2D eigenvalue weighted by Crippen LogP contribution is 2.30. The van der Waals surface area contributed by atoms with Gasteiger partial charge in [-0.2, -0.15) is 0 Å². The normalized spacial score (nSPS) is 19.4. The summed E-state index contributed by atoms with van der Waals surface area (Å²) in [7, 11) is 0. The SMILES string of the molecule is OCC1(NCC(O)COCc2ccco2)CCC1. The Labute approximate surface area is 107 Å². The minimum absolute atomic E-state index is 0.132. The molecule has 1 saturated carbocycles. The van der Waals surface area contributed by atoms with Crippen molar-refractivity contribution >= 4 is 0 Å². The predicted molar refractivity (Wildman–Crippen MR) is 66.0 cm³/mol. The van der Waals surface area contributed by atoms with Gasteiger partial charge in [-0.05, 0) is 31.4 Å². The van der Waals surface area contributed by atoms with Gasteiger partial charge in [0.05, 0.1) is 25.6 Å². The molecule has 1 aromatic heterocycles. The third-order valence-electron chi connectivity index (χ3n) is 3.46. The largest absolute Gasteiger partial charge is 0.467 e. The average Bonchev–Trinajstić information content (AvgIpc) is 2.81. The number of hydrogen-bond acceptors (Lipinski definition) is 5. The fourth-order valence-electron chi connectivity index (χ4n) is 2.08. The van der Waals surface area contributed by atoms with Crippen molar-refractivity contribution < 1.29 is 19.4 Å². The molecule has 18 heavy (non-hydrogen) atoms. The molecule has 5 nitrogen and oxygen atoms in total. The molecule has 0 bridgehead atoms. The molecule has 5 heteroatoms. The molecule has 1 fully saturated rings. The maximum atomic E-state index is 9.76. The Morgan fingerprint density at radius 3 is 2.89 bits per heavy atom. The molecule has 1 aliphatic rings. The summed E-state index contributed by atoms with van der Waals surface area (Å²) >= 11 is 0. The summed E-state index contributed by atoms with van der Waals surface area (Å²) in [5.74, 6) is 0.751. The monoisotopic (exact) mass is 255 g/mol. The Kier molecular flexibility index (Phi) is 4.77. The zero-order valence-corrected chi connectivity index (χ0v) is 10.5. The van der Waals surface area contributed by atoms with Crippen LogP contribution >= 0.6 is 0 Å². The summed E-state index contributed by atoms with van der Waals surface area (Å²) in [6, 6.07) is 3.64. The topological polar surface area (TPSA) is 74.9 Å². The molecule has 0 amide bonds. The Bertz CT molecular complexity index is 329. The average molecular weight is 255 g/mol. The summed E-state index contributed by atoms with van der Waals surface area (Å²) in [6.07, 6.45) is 4.12. The number of ether oxygens (including phenoxy) is 1. The van der Waals surface area contributed by atoms with Crippen LogP contribution in [0, 0.1) is 0 Å². The van der Waals surface area contributed by atoms with Crippen molar-refractivity contribution in [2.45, 2.75) is 37.5 Å². The molecule has 2 rings (SSSR count). The lowest BCUT2D eigenvalue weighted by molar-refractivity contribution is 0.00901. The first-order valence-electron chi connectivity index (χ1n) is 6.38. The number of β-amino-alcohol motifs (C(OH)–C–C–N with tert-alkyl or cyclic N) is 1. The van der Waals surface area contributed by atoms with Crippen LogP contribution in [0.15, 0.2) is 22.8 Å². The zero-order chi connectivity index (χ0) is 12.8. The van der Waals surface area contributed by atoms with E-state index in [1.807, 2.05) is 6.07 Å². The van der Waals surface area contributed by atoms with E-state index in [0.29, 0.717) is 13.2 Å². The molecule has 1 unspecified atom stereocenters. The number of rotatable bonds is 8. The van der Waals surface area contributed by atoms with Crippen molar-refractivity contribution in [1.29, 1.82) is 0 Å². The molecule has 1 heterocycles. The fraction of sp³-hybridized carbons (Fsp3) is 0.692. The van der Waals surface area contributed by atoms with Gasteiger partial charge >= 0.3 is 0 Å². The van der Waals surface area contributed by atoms with E-state index in [4.69, 9.17) is 9.15 Å². The van der Waals surface area contributed by atoms with Crippen molar-refractivity contribution in [1.82, 2.24) is 5.32 Å². The van der Waals surface area contributed by atoms with Crippen LogP contribution in [0.4, 0.5) is 0 Å². The highest BCUT2D eigenvalue weighted by Gasteiger charge is 2.35. The van der Waals surface area contributed by atoms with Gasteiger partial charge < -0.3 is 24.7 Å². The molecule has 1 aromatic rings. The summed E-state index contributed by atoms with van der Waals surface area (Å²) < 4.78 is 10.5. The lowest BCUT2D eigenvalue weighted by Gasteiger charge is -2.41. The van der Waals surface area contributed by atoms with Crippen LogP contribution in [0.3, 0.4) is 0 Å². The highest BCUT2D eigenvalue weighted by atomic mass is 16.5. The van der Waals surface area contributed by atoms with Crippen molar-refractivity contribution in [2.24, 2.45) is 0 Å². The van der Waals surface area contributed by atoms with Gasteiger partial charge in [0.15, 0.2) is 0 Å². The number of nitrogens with one attached hydrogen (secondary N) is 1. The number of aliphatic hydroxyl groups excluding tert-OH is 2. The first-order chi connectivity index (χ1) is 8.74. The second kappa shape index (κ2) is 6.33. The third kappa shape index (κ3) is 3.55. The van der Waals surface area contributed by atoms with Crippen molar-refractivity contribution in [2.75, 3.05) is 19.8 Å². The van der Waals surface area contributed by atoms with Gasteiger partial charge in [0.1, 0.15) is 12.4 Å². The minimum Gasteiger partial charge on any atom is -0.467 e. The molecule has 0 saturated heterocycles. The lowest BCUT2D eigenvalue weighted by atomic mass is 9.77. The maximum Gasteiger partial charge on any atom is 0.129 e. The van der Waals surface area contributed by atoms with E-state index >= 15 is 0 Å². The first-order valence-corrected chi connectivity index (χ1v) is 6.38. The Morgan fingerprint density at radius 1 is 1.50 bits per heavy atom. The van der Waals surface area contributed by atoms with Crippen LogP contribution < -0.4 is 5.32 Å². The van der Waals surface area contributed by atoms with Gasteiger partial charge in [-0.1, -0.05) is 0 Å². The minimum atomic E-state index is -0.566. The van der Waals surface area contributed by atoms with Crippen LogP contribution in [0.25, 0.3) is 0 Å². The zero-order valence-electron chi connectivity index (χ0n) is 10.5. The molecular weight excluding hydrogens is 234 g/mol. The molecule has 102 valence electrons. The number of hydrogen-bond donors (Lipinski definition) is 3. The Morgan fingerprint density at radius 2 is 2.33 bits per heavy atom. The summed E-state index contributed by atoms with van der Waals surface area (Å²) in [6.45, 7) is 1.20. The van der Waals surface area contributed by atoms with E-state index in [0.717, 1.165) is 25.0 Å². The van der Waals surface area contributed by atoms with Crippen LogP contribution in [0.1, 0.15) is 25.0 Å². The van der Waals surface area contributed by atoms with Crippen molar-refractivity contribution in [3.8, 4) is 0 Å². The van der Waals surface area contributed by atoms with Crippen LogP contribution in [0.2, 0.25) is 0 Å². The second-order valence-corrected chi connectivity index (χ2v) is 4.92. The Hall–Kier alpha value is -0.880. The third-order valence-corrected chi connectivity index (χ3v) is 3.46. The molecule has 0 spiro atoms. The summed E-state index contributed by atoms with van der Waals surface area (Å²) in [4.78, 5) is 0. The van der Waals surface area contributed by atoms with E-state index in [1.165, 1.54) is 0 Å². The van der Waals surface area contributed by atoms with E-state index < -0.39 is 6.10 Å². The van der Waals surface area contributed by atoms with E-state index in [1.54, 1.807) is 12.3 Å². The molecule has 0 radical (unpaired) electrons. The quantitative estimate of drug-likeness (QED) is 0.636. The van der Waals surface area contributed by atoms with Gasteiger partial charge in [0.2, 0.25) is 0 Å². The molecule has 1 aliphatic carbocycles. The number of furan rings is 1. The molecule has 3 N–H and O–H groups in total. The van der Waals surface area contributed by atoms with Gasteiger partial charge in [-0.15, -0.1) is 0 Å². The van der Waals surface area contributed by atoms with Crippen LogP contribution in [0.5, 0.6) is 0 Å². The van der Waals surface area contributed by atoms with Gasteiger partial charge in [-0.3, -0.25) is 0 Å². The van der Waals surface area contributed by atoms with Crippen molar-refractivity contribution in [3.05, 3.63) is 24.2 Å². The Balaban J connectivity index is 1.59. The maximum absolute atomic E-state index is 9.76. The van der Waals surface area contributed by atoms with Gasteiger partial charge in [-0.25, -0.2) is 0 Å². The molecule has 0 aliphatic heterocycles.